The highest BCUT2D eigenvalue weighted by molar-refractivity contribution is 5.56. The van der Waals surface area contributed by atoms with Gasteiger partial charge in [0.05, 0.1) is 25.0 Å². The highest BCUT2D eigenvalue weighted by Crippen LogP contribution is 2.13. The van der Waals surface area contributed by atoms with E-state index in [1.54, 1.807) is 35.4 Å². The van der Waals surface area contributed by atoms with Crippen molar-refractivity contribution in [3.8, 4) is 11.3 Å². The Labute approximate surface area is 163 Å². The fourth-order valence-corrected chi connectivity index (χ4v) is 3.36. The summed E-state index contributed by atoms with van der Waals surface area (Å²) in [6.45, 7) is 7.87. The third kappa shape index (κ3) is 4.52. The lowest BCUT2D eigenvalue weighted by Gasteiger charge is -2.33. The highest BCUT2D eigenvalue weighted by Gasteiger charge is 2.18. The minimum atomic E-state index is -0.0734. The molecule has 0 atom stereocenters. The van der Waals surface area contributed by atoms with Gasteiger partial charge in [0, 0.05) is 56.7 Å². The number of hydrogen-bond acceptors (Lipinski definition) is 7. The average Bonchev–Trinajstić information content (AvgIpc) is 3.14. The Morgan fingerprint density at radius 1 is 1.00 bits per heavy atom. The number of aromatic nitrogens is 4. The number of oxazole rings is 1. The van der Waals surface area contributed by atoms with Crippen molar-refractivity contribution in [2.45, 2.75) is 20.0 Å². The van der Waals surface area contributed by atoms with E-state index in [9.17, 15) is 4.79 Å². The molecule has 1 aliphatic rings. The average molecular weight is 380 g/mol. The van der Waals surface area contributed by atoms with Gasteiger partial charge in [0.2, 0.25) is 5.89 Å². The third-order valence-corrected chi connectivity index (χ3v) is 4.96. The van der Waals surface area contributed by atoms with E-state index in [-0.39, 0.29) is 5.56 Å². The first-order valence-electron chi connectivity index (χ1n) is 9.52. The predicted octanol–water partition coefficient (Wildman–Crippen LogP) is 1.42. The molecule has 3 aromatic heterocycles. The van der Waals surface area contributed by atoms with Crippen LogP contribution in [0.2, 0.25) is 0 Å². The van der Waals surface area contributed by atoms with Crippen LogP contribution in [0.25, 0.3) is 11.3 Å². The maximum Gasteiger partial charge on any atom is 0.266 e. The first kappa shape index (κ1) is 18.5. The number of aryl methyl sites for hydroxylation is 1. The van der Waals surface area contributed by atoms with Crippen LogP contribution in [0.5, 0.6) is 0 Å². The summed E-state index contributed by atoms with van der Waals surface area (Å²) >= 11 is 0. The van der Waals surface area contributed by atoms with Crippen LogP contribution in [0.3, 0.4) is 0 Å². The number of rotatable bonds is 6. The topological polar surface area (TPSA) is 80.3 Å². The van der Waals surface area contributed by atoms with E-state index in [2.05, 4.69) is 24.9 Å². The summed E-state index contributed by atoms with van der Waals surface area (Å²) in [6, 6.07) is 7.13. The summed E-state index contributed by atoms with van der Waals surface area (Å²) in [6.07, 6.45) is 5.22. The van der Waals surface area contributed by atoms with Crippen LogP contribution < -0.4 is 5.56 Å². The van der Waals surface area contributed by atoms with Crippen LogP contribution in [0.4, 0.5) is 0 Å². The third-order valence-electron chi connectivity index (χ3n) is 4.96. The molecule has 0 amide bonds. The Morgan fingerprint density at radius 2 is 1.75 bits per heavy atom. The van der Waals surface area contributed by atoms with Crippen molar-refractivity contribution >= 4 is 0 Å². The van der Waals surface area contributed by atoms with Crippen LogP contribution in [-0.2, 0) is 13.1 Å². The maximum atomic E-state index is 12.2. The Bertz CT molecular complexity index is 960. The lowest BCUT2D eigenvalue weighted by molar-refractivity contribution is 0.115. The minimum absolute atomic E-state index is 0.0734. The van der Waals surface area contributed by atoms with Gasteiger partial charge in [-0.3, -0.25) is 19.6 Å². The largest absolute Gasteiger partial charge is 0.445 e. The molecule has 28 heavy (non-hydrogen) atoms. The highest BCUT2D eigenvalue weighted by atomic mass is 16.4. The summed E-state index contributed by atoms with van der Waals surface area (Å²) in [5.41, 5.74) is 1.67. The van der Waals surface area contributed by atoms with E-state index < -0.39 is 0 Å². The Morgan fingerprint density at radius 3 is 2.46 bits per heavy atom. The van der Waals surface area contributed by atoms with E-state index >= 15 is 0 Å². The molecule has 0 aliphatic carbocycles. The van der Waals surface area contributed by atoms with Crippen molar-refractivity contribution in [2.24, 2.45) is 0 Å². The van der Waals surface area contributed by atoms with Crippen molar-refractivity contribution in [1.29, 1.82) is 0 Å². The molecule has 8 heteroatoms. The summed E-state index contributed by atoms with van der Waals surface area (Å²) < 4.78 is 7.12. The molecule has 0 bridgehead atoms. The molecule has 1 fully saturated rings. The molecular formula is C20H24N6O2. The second-order valence-electron chi connectivity index (χ2n) is 7.00. The van der Waals surface area contributed by atoms with Crippen LogP contribution in [0.1, 0.15) is 11.7 Å². The van der Waals surface area contributed by atoms with E-state index in [1.165, 1.54) is 0 Å². The van der Waals surface area contributed by atoms with E-state index in [0.717, 1.165) is 62.2 Å². The van der Waals surface area contributed by atoms with Gasteiger partial charge in [-0.2, -0.15) is 5.10 Å². The molecule has 8 nitrogen and oxygen atoms in total. The summed E-state index contributed by atoms with van der Waals surface area (Å²) in [5.74, 6) is 1.62. The summed E-state index contributed by atoms with van der Waals surface area (Å²) in [5, 5.41) is 4.52. The quantitative estimate of drug-likeness (QED) is 0.640. The zero-order valence-electron chi connectivity index (χ0n) is 16.0. The van der Waals surface area contributed by atoms with Crippen LogP contribution in [0, 0.1) is 6.92 Å². The van der Waals surface area contributed by atoms with Crippen molar-refractivity contribution < 1.29 is 4.42 Å². The fourth-order valence-electron chi connectivity index (χ4n) is 3.36. The molecule has 1 aliphatic heterocycles. The van der Waals surface area contributed by atoms with Gasteiger partial charge in [0.1, 0.15) is 5.76 Å². The lowest BCUT2D eigenvalue weighted by atomic mass is 10.2. The van der Waals surface area contributed by atoms with Crippen molar-refractivity contribution in [3.63, 3.8) is 0 Å². The molecule has 0 unspecified atom stereocenters. The van der Waals surface area contributed by atoms with E-state index in [1.807, 2.05) is 19.1 Å². The molecule has 3 aromatic rings. The lowest BCUT2D eigenvalue weighted by Crippen LogP contribution is -2.47. The summed E-state index contributed by atoms with van der Waals surface area (Å²) in [7, 11) is 0. The van der Waals surface area contributed by atoms with Gasteiger partial charge in [-0.15, -0.1) is 0 Å². The number of pyridine rings is 1. The second kappa shape index (κ2) is 8.45. The van der Waals surface area contributed by atoms with Gasteiger partial charge >= 0.3 is 0 Å². The number of piperazine rings is 1. The van der Waals surface area contributed by atoms with Gasteiger partial charge < -0.3 is 4.42 Å². The Balaban J connectivity index is 1.31. The molecular weight excluding hydrogens is 356 g/mol. The molecule has 4 rings (SSSR count). The minimum Gasteiger partial charge on any atom is -0.445 e. The SMILES string of the molecule is Cc1cnc(CN2CCN(CCn3nc(-c4ccncc4)ccc3=O)CC2)o1. The van der Waals surface area contributed by atoms with Crippen LogP contribution in [0.15, 0.2) is 52.1 Å². The fraction of sp³-hybridized carbons (Fsp3) is 0.400. The van der Waals surface area contributed by atoms with E-state index in [4.69, 9.17) is 4.42 Å². The first-order valence-corrected chi connectivity index (χ1v) is 9.52. The molecule has 0 aromatic carbocycles. The molecule has 0 saturated carbocycles. The molecule has 4 heterocycles. The van der Waals surface area contributed by atoms with Crippen LogP contribution in [-0.4, -0.2) is 62.3 Å². The molecule has 0 radical (unpaired) electrons. The number of hydrogen-bond donors (Lipinski definition) is 0. The van der Waals surface area contributed by atoms with Gasteiger partial charge in [-0.05, 0) is 25.1 Å². The van der Waals surface area contributed by atoms with Crippen LogP contribution >= 0.6 is 0 Å². The number of nitrogens with zero attached hydrogens (tertiary/aromatic N) is 6. The van der Waals surface area contributed by atoms with Crippen molar-refractivity contribution in [1.82, 2.24) is 29.5 Å². The molecule has 1 saturated heterocycles. The standard InChI is InChI=1S/C20H24N6O2/c1-16-14-22-19(28-16)15-25-10-8-24(9-11-25)12-13-26-20(27)3-2-18(23-26)17-4-6-21-7-5-17/h2-7,14H,8-13,15H2,1H3. The normalized spacial score (nSPS) is 15.8. The Hall–Kier alpha value is -2.84. The smallest absolute Gasteiger partial charge is 0.266 e. The van der Waals surface area contributed by atoms with Crippen molar-refractivity contribution in [3.05, 3.63) is 64.9 Å². The first-order chi connectivity index (χ1) is 13.7. The zero-order chi connectivity index (χ0) is 19.3. The Kier molecular flexibility index (Phi) is 5.59. The van der Waals surface area contributed by atoms with E-state index in [0.29, 0.717) is 6.54 Å². The predicted molar refractivity (Wildman–Crippen MR) is 105 cm³/mol. The summed E-state index contributed by atoms with van der Waals surface area (Å²) in [4.78, 5) is 25.2. The molecule has 0 spiro atoms. The molecule has 146 valence electrons. The second-order valence-corrected chi connectivity index (χ2v) is 7.00. The van der Waals surface area contributed by atoms with Gasteiger partial charge in [-0.25, -0.2) is 9.67 Å². The zero-order valence-corrected chi connectivity index (χ0v) is 16.0. The van der Waals surface area contributed by atoms with Crippen molar-refractivity contribution in [2.75, 3.05) is 32.7 Å². The maximum absolute atomic E-state index is 12.2. The van der Waals surface area contributed by atoms with Gasteiger partial charge in [0.25, 0.3) is 5.56 Å². The van der Waals surface area contributed by atoms with Gasteiger partial charge in [-0.1, -0.05) is 0 Å². The molecule has 0 N–H and O–H groups in total. The van der Waals surface area contributed by atoms with Gasteiger partial charge in [0.15, 0.2) is 0 Å². The monoisotopic (exact) mass is 380 g/mol.